The third kappa shape index (κ3) is 4.50. The summed E-state index contributed by atoms with van der Waals surface area (Å²) in [5, 5.41) is 9.38. The number of carbonyl (C=O) groups is 3. The molecule has 1 N–H and O–H groups in total. The zero-order chi connectivity index (χ0) is 17.4. The van der Waals surface area contributed by atoms with Gasteiger partial charge < -0.3 is 14.6 Å². The van der Waals surface area contributed by atoms with Gasteiger partial charge in [-0.2, -0.15) is 0 Å². The van der Waals surface area contributed by atoms with Crippen LogP contribution < -0.4 is 0 Å². The highest BCUT2D eigenvalue weighted by Crippen LogP contribution is 2.11. The molecule has 0 spiro atoms. The summed E-state index contributed by atoms with van der Waals surface area (Å²) in [5.41, 5.74) is 0.505. The molecule has 0 heterocycles. The van der Waals surface area contributed by atoms with E-state index in [1.54, 1.807) is 36.4 Å². The number of hydrogen-bond donors (Lipinski definition) is 1. The lowest BCUT2D eigenvalue weighted by Crippen LogP contribution is -2.39. The van der Waals surface area contributed by atoms with Crippen LogP contribution in [0.25, 0.3) is 0 Å². The molecule has 2 rings (SSSR count). The van der Waals surface area contributed by atoms with E-state index < -0.39 is 30.8 Å². The molecule has 6 heteroatoms. The minimum absolute atomic E-state index is 0.246. The number of aliphatic hydroxyl groups is 1. The minimum Gasteiger partial charge on any atom is -0.452 e. The summed E-state index contributed by atoms with van der Waals surface area (Å²) in [6.45, 7) is -0.663. The maximum Gasteiger partial charge on any atom is 0.338 e. The molecule has 2 atom stereocenters. The van der Waals surface area contributed by atoms with Crippen molar-refractivity contribution in [3.05, 3.63) is 71.8 Å². The summed E-state index contributed by atoms with van der Waals surface area (Å²) in [6, 6.07) is 16.2. The van der Waals surface area contributed by atoms with Crippen molar-refractivity contribution in [1.29, 1.82) is 0 Å². The Bertz CT molecular complexity index is 683. The van der Waals surface area contributed by atoms with E-state index in [1.165, 1.54) is 24.3 Å². The van der Waals surface area contributed by atoms with Gasteiger partial charge in [0.2, 0.25) is 0 Å². The fraction of sp³-hybridized carbons (Fsp3) is 0.167. The highest BCUT2D eigenvalue weighted by molar-refractivity contribution is 5.91. The van der Waals surface area contributed by atoms with E-state index in [2.05, 4.69) is 0 Å². The van der Waals surface area contributed by atoms with E-state index in [4.69, 9.17) is 9.47 Å². The van der Waals surface area contributed by atoms with E-state index in [9.17, 15) is 19.5 Å². The van der Waals surface area contributed by atoms with Crippen LogP contribution in [-0.4, -0.2) is 42.1 Å². The number of ether oxygens (including phenoxy) is 2. The molecule has 0 radical (unpaired) electrons. The fourth-order valence-electron chi connectivity index (χ4n) is 1.95. The molecule has 2 aromatic rings. The second-order valence-corrected chi connectivity index (χ2v) is 4.86. The van der Waals surface area contributed by atoms with Crippen LogP contribution in [0.5, 0.6) is 0 Å². The first-order chi connectivity index (χ1) is 11.7. The summed E-state index contributed by atoms with van der Waals surface area (Å²) >= 11 is 0. The smallest absolute Gasteiger partial charge is 0.338 e. The fourth-order valence-corrected chi connectivity index (χ4v) is 1.95. The quantitative estimate of drug-likeness (QED) is 0.614. The van der Waals surface area contributed by atoms with Crippen molar-refractivity contribution < 1.29 is 29.0 Å². The second kappa shape index (κ2) is 8.59. The first-order valence-corrected chi connectivity index (χ1v) is 7.24. The van der Waals surface area contributed by atoms with Gasteiger partial charge in [0.05, 0.1) is 17.7 Å². The summed E-state index contributed by atoms with van der Waals surface area (Å²) < 4.78 is 10.1. The van der Waals surface area contributed by atoms with Crippen molar-refractivity contribution >= 4 is 18.2 Å². The van der Waals surface area contributed by atoms with Crippen LogP contribution >= 0.6 is 0 Å². The molecule has 0 aliphatic carbocycles. The van der Waals surface area contributed by atoms with Gasteiger partial charge in [-0.05, 0) is 24.3 Å². The largest absolute Gasteiger partial charge is 0.452 e. The van der Waals surface area contributed by atoms with Crippen LogP contribution in [0.15, 0.2) is 60.7 Å². The lowest BCUT2D eigenvalue weighted by Gasteiger charge is -2.21. The third-order valence-corrected chi connectivity index (χ3v) is 3.20. The van der Waals surface area contributed by atoms with Crippen molar-refractivity contribution in [2.75, 3.05) is 6.61 Å². The molecule has 0 aromatic heterocycles. The van der Waals surface area contributed by atoms with Crippen LogP contribution in [0.2, 0.25) is 0 Å². The molecule has 0 bridgehead atoms. The Morgan fingerprint density at radius 3 is 1.75 bits per heavy atom. The Balaban J connectivity index is 2.05. The zero-order valence-corrected chi connectivity index (χ0v) is 12.7. The molecule has 24 heavy (non-hydrogen) atoms. The van der Waals surface area contributed by atoms with Crippen molar-refractivity contribution in [2.45, 2.75) is 12.2 Å². The number of benzene rings is 2. The molecule has 6 nitrogen and oxygen atoms in total. The molecule has 0 saturated heterocycles. The standard InChI is InChI=1S/C18H16O6/c19-11-15(23-17(21)13-7-3-1-4-8-13)16(12-20)24-18(22)14-9-5-2-6-10-14/h1-11,15-16,20H,12H2/t15-,16+/m0/s1. The Morgan fingerprint density at radius 1 is 0.875 bits per heavy atom. The molecule has 0 unspecified atom stereocenters. The molecule has 124 valence electrons. The van der Waals surface area contributed by atoms with Gasteiger partial charge in [-0.15, -0.1) is 0 Å². The molecular weight excluding hydrogens is 312 g/mol. The van der Waals surface area contributed by atoms with Gasteiger partial charge in [0.25, 0.3) is 0 Å². The molecule has 2 aromatic carbocycles. The van der Waals surface area contributed by atoms with E-state index in [1.807, 2.05) is 0 Å². The maximum atomic E-state index is 12.0. The van der Waals surface area contributed by atoms with Crippen LogP contribution in [0.1, 0.15) is 20.7 Å². The Labute approximate surface area is 138 Å². The van der Waals surface area contributed by atoms with Crippen molar-refractivity contribution in [2.24, 2.45) is 0 Å². The number of rotatable bonds is 7. The Hall–Kier alpha value is -2.99. The van der Waals surface area contributed by atoms with Crippen molar-refractivity contribution in [3.8, 4) is 0 Å². The molecule has 0 saturated carbocycles. The van der Waals surface area contributed by atoms with Gasteiger partial charge in [0, 0.05) is 0 Å². The Morgan fingerprint density at radius 2 is 1.33 bits per heavy atom. The second-order valence-electron chi connectivity index (χ2n) is 4.86. The van der Waals surface area contributed by atoms with Crippen molar-refractivity contribution in [3.63, 3.8) is 0 Å². The summed E-state index contributed by atoms with van der Waals surface area (Å²) in [4.78, 5) is 35.2. The minimum atomic E-state index is -1.41. The van der Waals surface area contributed by atoms with Crippen LogP contribution in [0.3, 0.4) is 0 Å². The SMILES string of the molecule is O=C[C@H](OC(=O)c1ccccc1)[C@@H](CO)OC(=O)c1ccccc1. The van der Waals surface area contributed by atoms with E-state index >= 15 is 0 Å². The lowest BCUT2D eigenvalue weighted by molar-refractivity contribution is -0.123. The average Bonchev–Trinajstić information content (AvgIpc) is 2.65. The molecule has 0 fully saturated rings. The molecule has 0 aliphatic heterocycles. The summed E-state index contributed by atoms with van der Waals surface area (Å²) in [7, 11) is 0. The van der Waals surface area contributed by atoms with Gasteiger partial charge in [-0.3, -0.25) is 4.79 Å². The van der Waals surface area contributed by atoms with Gasteiger partial charge in [-0.1, -0.05) is 36.4 Å². The van der Waals surface area contributed by atoms with Gasteiger partial charge in [0.1, 0.15) is 0 Å². The maximum absolute atomic E-state index is 12.0. The van der Waals surface area contributed by atoms with Crippen LogP contribution in [0, 0.1) is 0 Å². The predicted molar refractivity (Wildman–Crippen MR) is 84.4 cm³/mol. The third-order valence-electron chi connectivity index (χ3n) is 3.20. The predicted octanol–water partition coefficient (Wildman–Crippen LogP) is 1.63. The number of aliphatic hydroxyl groups excluding tert-OH is 1. The molecule has 0 aliphatic rings. The molecule has 0 amide bonds. The first-order valence-electron chi connectivity index (χ1n) is 7.24. The topological polar surface area (TPSA) is 89.9 Å². The van der Waals surface area contributed by atoms with Crippen LogP contribution in [0.4, 0.5) is 0 Å². The summed E-state index contributed by atoms with van der Waals surface area (Å²) in [6.07, 6.45) is -2.38. The number of esters is 2. The number of carbonyl (C=O) groups excluding carboxylic acids is 3. The van der Waals surface area contributed by atoms with E-state index in [-0.39, 0.29) is 11.1 Å². The first kappa shape index (κ1) is 17.4. The zero-order valence-electron chi connectivity index (χ0n) is 12.7. The highest BCUT2D eigenvalue weighted by Gasteiger charge is 2.28. The summed E-state index contributed by atoms with van der Waals surface area (Å²) in [5.74, 6) is -1.47. The monoisotopic (exact) mass is 328 g/mol. The number of hydrogen-bond acceptors (Lipinski definition) is 6. The highest BCUT2D eigenvalue weighted by atomic mass is 16.6. The van der Waals surface area contributed by atoms with Gasteiger partial charge in [0.15, 0.2) is 18.5 Å². The van der Waals surface area contributed by atoms with Crippen molar-refractivity contribution in [1.82, 2.24) is 0 Å². The lowest BCUT2D eigenvalue weighted by atomic mass is 10.2. The van der Waals surface area contributed by atoms with E-state index in [0.29, 0.717) is 6.29 Å². The molecular formula is C18H16O6. The number of aldehydes is 1. The Kier molecular flexibility index (Phi) is 6.22. The average molecular weight is 328 g/mol. The van der Waals surface area contributed by atoms with Gasteiger partial charge >= 0.3 is 11.9 Å². The van der Waals surface area contributed by atoms with E-state index in [0.717, 1.165) is 0 Å². The van der Waals surface area contributed by atoms with Gasteiger partial charge in [-0.25, -0.2) is 9.59 Å². The van der Waals surface area contributed by atoms with Crippen LogP contribution in [-0.2, 0) is 14.3 Å². The normalized spacial score (nSPS) is 12.7.